The van der Waals surface area contributed by atoms with Crippen molar-refractivity contribution in [2.24, 2.45) is 0 Å². The summed E-state index contributed by atoms with van der Waals surface area (Å²) in [6.07, 6.45) is 4.72. The number of aromatic nitrogens is 2. The van der Waals surface area contributed by atoms with Gasteiger partial charge in [0.15, 0.2) is 0 Å². The molecule has 2 aromatic heterocycles. The Kier molecular flexibility index (Phi) is 2.84. The monoisotopic (exact) mass is 254 g/mol. The molecule has 0 fully saturated rings. The van der Waals surface area contributed by atoms with Gasteiger partial charge in [-0.05, 0) is 28.1 Å². The largest absolute Gasteiger partial charge is 0.384 e. The van der Waals surface area contributed by atoms with Crippen molar-refractivity contribution < 1.29 is 4.74 Å². The SMILES string of the molecule is COCCc1ncc2c(Br)cccn12. The number of ether oxygens (including phenoxy) is 1. The van der Waals surface area contributed by atoms with E-state index in [1.54, 1.807) is 7.11 Å². The van der Waals surface area contributed by atoms with Crippen LogP contribution in [0, 0.1) is 0 Å². The van der Waals surface area contributed by atoms with Gasteiger partial charge in [0.2, 0.25) is 0 Å². The van der Waals surface area contributed by atoms with Crippen LogP contribution in [0.4, 0.5) is 0 Å². The van der Waals surface area contributed by atoms with Gasteiger partial charge in [-0.1, -0.05) is 0 Å². The summed E-state index contributed by atoms with van der Waals surface area (Å²) in [6.45, 7) is 0.700. The maximum atomic E-state index is 5.03. The second kappa shape index (κ2) is 4.11. The van der Waals surface area contributed by atoms with E-state index in [0.29, 0.717) is 6.61 Å². The first-order valence-corrected chi connectivity index (χ1v) is 5.21. The lowest BCUT2D eigenvalue weighted by Gasteiger charge is -2.00. The second-order valence-corrected chi connectivity index (χ2v) is 3.88. The second-order valence-electron chi connectivity index (χ2n) is 3.03. The van der Waals surface area contributed by atoms with Crippen molar-refractivity contribution in [1.29, 1.82) is 0 Å². The van der Waals surface area contributed by atoms with Crippen molar-refractivity contribution in [1.82, 2.24) is 9.38 Å². The minimum absolute atomic E-state index is 0.700. The van der Waals surface area contributed by atoms with Crippen molar-refractivity contribution in [2.75, 3.05) is 13.7 Å². The van der Waals surface area contributed by atoms with Crippen LogP contribution in [0.3, 0.4) is 0 Å². The summed E-state index contributed by atoms with van der Waals surface area (Å²) < 4.78 is 8.17. The lowest BCUT2D eigenvalue weighted by molar-refractivity contribution is 0.200. The molecule has 0 bridgehead atoms. The van der Waals surface area contributed by atoms with Gasteiger partial charge < -0.3 is 9.14 Å². The maximum Gasteiger partial charge on any atom is 0.115 e. The lowest BCUT2D eigenvalue weighted by atomic mass is 10.4. The van der Waals surface area contributed by atoms with E-state index in [0.717, 1.165) is 22.2 Å². The molecule has 0 saturated carbocycles. The van der Waals surface area contributed by atoms with Crippen molar-refractivity contribution in [3.8, 4) is 0 Å². The van der Waals surface area contributed by atoms with E-state index < -0.39 is 0 Å². The summed E-state index contributed by atoms with van der Waals surface area (Å²) in [6, 6.07) is 4.01. The third-order valence-electron chi connectivity index (χ3n) is 2.13. The third kappa shape index (κ3) is 1.67. The molecule has 0 aromatic carbocycles. The summed E-state index contributed by atoms with van der Waals surface area (Å²) in [5, 5.41) is 0. The van der Waals surface area contributed by atoms with Gasteiger partial charge in [-0.3, -0.25) is 0 Å². The molecule has 0 unspecified atom stereocenters. The molecule has 4 heteroatoms. The molecule has 3 nitrogen and oxygen atoms in total. The number of fused-ring (bicyclic) bond motifs is 1. The molecule has 0 spiro atoms. The van der Waals surface area contributed by atoms with E-state index in [-0.39, 0.29) is 0 Å². The van der Waals surface area contributed by atoms with Gasteiger partial charge in [-0.2, -0.15) is 0 Å². The standard InChI is InChI=1S/C10H11BrN2O/c1-14-6-4-10-12-7-9-8(11)3-2-5-13(9)10/h2-3,5,7H,4,6H2,1H3. The smallest absolute Gasteiger partial charge is 0.115 e. The van der Waals surface area contributed by atoms with Gasteiger partial charge in [0.25, 0.3) is 0 Å². The first-order valence-electron chi connectivity index (χ1n) is 4.42. The average molecular weight is 255 g/mol. The van der Waals surface area contributed by atoms with E-state index in [2.05, 4.69) is 25.3 Å². The molecule has 0 atom stereocenters. The zero-order chi connectivity index (χ0) is 9.97. The predicted octanol–water partition coefficient (Wildman–Crippen LogP) is 2.29. The minimum Gasteiger partial charge on any atom is -0.384 e. The molecule has 14 heavy (non-hydrogen) atoms. The number of methoxy groups -OCH3 is 1. The van der Waals surface area contributed by atoms with Crippen molar-refractivity contribution in [2.45, 2.75) is 6.42 Å². The molecular formula is C10H11BrN2O. The number of halogens is 1. The van der Waals surface area contributed by atoms with Gasteiger partial charge in [-0.15, -0.1) is 0 Å². The third-order valence-corrected chi connectivity index (χ3v) is 2.80. The normalized spacial score (nSPS) is 11.0. The van der Waals surface area contributed by atoms with Gasteiger partial charge >= 0.3 is 0 Å². The molecule has 74 valence electrons. The Morgan fingerprint density at radius 1 is 1.57 bits per heavy atom. The number of imidazole rings is 1. The van der Waals surface area contributed by atoms with E-state index in [9.17, 15) is 0 Å². The Hall–Kier alpha value is -0.870. The van der Waals surface area contributed by atoms with Crippen LogP contribution in [-0.2, 0) is 11.2 Å². The van der Waals surface area contributed by atoms with Gasteiger partial charge in [-0.25, -0.2) is 4.98 Å². The lowest BCUT2D eigenvalue weighted by Crippen LogP contribution is -2.00. The Bertz CT molecular complexity index is 439. The predicted molar refractivity (Wildman–Crippen MR) is 58.5 cm³/mol. The summed E-state index contributed by atoms with van der Waals surface area (Å²) in [4.78, 5) is 4.35. The Morgan fingerprint density at radius 3 is 3.21 bits per heavy atom. The number of pyridine rings is 1. The zero-order valence-electron chi connectivity index (χ0n) is 7.90. The summed E-state index contributed by atoms with van der Waals surface area (Å²) in [5.41, 5.74) is 1.10. The zero-order valence-corrected chi connectivity index (χ0v) is 9.49. The Labute approximate surface area is 90.8 Å². The average Bonchev–Trinajstić information content (AvgIpc) is 2.60. The molecule has 0 radical (unpaired) electrons. The number of nitrogens with zero attached hydrogens (tertiary/aromatic N) is 2. The molecule has 2 rings (SSSR count). The molecule has 0 saturated heterocycles. The molecule has 0 aliphatic heterocycles. The quantitative estimate of drug-likeness (QED) is 0.841. The van der Waals surface area contributed by atoms with Crippen LogP contribution in [0.5, 0.6) is 0 Å². The molecule has 0 aliphatic carbocycles. The van der Waals surface area contributed by atoms with E-state index >= 15 is 0 Å². The summed E-state index contributed by atoms with van der Waals surface area (Å²) >= 11 is 3.49. The van der Waals surface area contributed by atoms with Crippen LogP contribution < -0.4 is 0 Å². The van der Waals surface area contributed by atoms with Crippen LogP contribution in [0.2, 0.25) is 0 Å². The van der Waals surface area contributed by atoms with Crippen molar-refractivity contribution in [3.05, 3.63) is 34.8 Å². The van der Waals surface area contributed by atoms with Gasteiger partial charge in [0, 0.05) is 24.2 Å². The van der Waals surface area contributed by atoms with E-state index in [1.807, 2.05) is 24.5 Å². The maximum absolute atomic E-state index is 5.03. The highest BCUT2D eigenvalue weighted by molar-refractivity contribution is 9.10. The molecular weight excluding hydrogens is 244 g/mol. The number of rotatable bonds is 3. The van der Waals surface area contributed by atoms with Crippen LogP contribution in [0.1, 0.15) is 5.82 Å². The highest BCUT2D eigenvalue weighted by atomic mass is 79.9. The molecule has 0 aliphatic rings. The fourth-order valence-corrected chi connectivity index (χ4v) is 1.87. The first-order chi connectivity index (χ1) is 6.83. The van der Waals surface area contributed by atoms with E-state index in [4.69, 9.17) is 4.74 Å². The molecule has 0 amide bonds. The highest BCUT2D eigenvalue weighted by Crippen LogP contribution is 2.18. The Balaban J connectivity index is 2.42. The molecule has 2 heterocycles. The van der Waals surface area contributed by atoms with Crippen LogP contribution in [0.25, 0.3) is 5.52 Å². The van der Waals surface area contributed by atoms with Gasteiger partial charge in [0.1, 0.15) is 5.82 Å². The number of hydrogen-bond donors (Lipinski definition) is 0. The Morgan fingerprint density at radius 2 is 2.43 bits per heavy atom. The molecule has 0 N–H and O–H groups in total. The minimum atomic E-state index is 0.700. The van der Waals surface area contributed by atoms with Crippen LogP contribution in [0.15, 0.2) is 29.0 Å². The summed E-state index contributed by atoms with van der Waals surface area (Å²) in [5.74, 6) is 1.03. The van der Waals surface area contributed by atoms with Crippen molar-refractivity contribution in [3.63, 3.8) is 0 Å². The van der Waals surface area contributed by atoms with Crippen molar-refractivity contribution >= 4 is 21.4 Å². The number of hydrogen-bond acceptors (Lipinski definition) is 2. The highest BCUT2D eigenvalue weighted by Gasteiger charge is 2.04. The van der Waals surface area contributed by atoms with Gasteiger partial charge in [0.05, 0.1) is 18.3 Å². The molecule has 2 aromatic rings. The first kappa shape index (κ1) is 9.68. The fourth-order valence-electron chi connectivity index (χ4n) is 1.42. The topological polar surface area (TPSA) is 26.5 Å². The van der Waals surface area contributed by atoms with Crippen LogP contribution >= 0.6 is 15.9 Å². The fraction of sp³-hybridized carbons (Fsp3) is 0.300. The van der Waals surface area contributed by atoms with Crippen LogP contribution in [-0.4, -0.2) is 23.1 Å². The summed E-state index contributed by atoms with van der Waals surface area (Å²) in [7, 11) is 1.70. The van der Waals surface area contributed by atoms with E-state index in [1.165, 1.54) is 0 Å².